The first-order valence-corrected chi connectivity index (χ1v) is 39.3. The van der Waals surface area contributed by atoms with E-state index in [1.54, 1.807) is 0 Å². The lowest BCUT2D eigenvalue weighted by atomic mass is 10.0. The number of hydrogen-bond acceptors (Lipinski definition) is 15. The van der Waals surface area contributed by atoms with E-state index in [1.807, 2.05) is 0 Å². The molecule has 0 amide bonds. The van der Waals surface area contributed by atoms with Gasteiger partial charge in [-0.25, -0.2) is 9.13 Å². The maximum atomic E-state index is 13.0. The van der Waals surface area contributed by atoms with Crippen molar-refractivity contribution in [2.75, 3.05) is 39.6 Å². The third-order valence-electron chi connectivity index (χ3n) is 16.1. The maximum Gasteiger partial charge on any atom is 0.472 e. The fraction of sp³-hybridized carbons (Fsp3) is 0.942. The van der Waals surface area contributed by atoms with E-state index in [1.165, 1.54) is 186 Å². The summed E-state index contributed by atoms with van der Waals surface area (Å²) in [4.78, 5) is 72.4. The first-order chi connectivity index (χ1) is 42.7. The second-order valence-electron chi connectivity index (χ2n) is 24.9. The zero-order valence-electron chi connectivity index (χ0n) is 56.7. The second-order valence-corrected chi connectivity index (χ2v) is 27.8. The van der Waals surface area contributed by atoms with Crippen LogP contribution in [0.5, 0.6) is 0 Å². The molecule has 2 unspecified atom stereocenters. The molecule has 0 aromatic rings. The van der Waals surface area contributed by atoms with Gasteiger partial charge in [0.1, 0.15) is 19.3 Å². The van der Waals surface area contributed by atoms with E-state index in [0.717, 1.165) is 96.3 Å². The van der Waals surface area contributed by atoms with Crippen LogP contribution in [-0.4, -0.2) is 96.7 Å². The Morgan fingerprint density at radius 3 is 0.670 bits per heavy atom. The van der Waals surface area contributed by atoms with E-state index in [9.17, 15) is 43.2 Å². The van der Waals surface area contributed by atoms with Gasteiger partial charge in [-0.3, -0.25) is 37.3 Å². The van der Waals surface area contributed by atoms with Crippen molar-refractivity contribution in [3.8, 4) is 0 Å². The standard InChI is InChI=1S/C69H134O17P2/c1-5-9-13-17-21-25-28-30-31-32-33-34-37-40-44-48-52-56-69(74)86-65(60-80-67(72)54-50-46-42-38-36-29-26-22-18-14-10-6-2)62-84-88(77,78)82-58-63(70)57-81-87(75,76)83-61-64(59-79-66(71)53-49-45-41-24-20-16-12-8-4)85-68(73)55-51-47-43-39-35-27-23-19-15-11-7-3/h63-65,70H,5-62H2,1-4H3,(H,75,76)(H,77,78)/t63-,64+,65+/m0/s1. The monoisotopic (exact) mass is 1300 g/mol. The average Bonchev–Trinajstić information content (AvgIpc) is 3.70. The molecule has 0 aliphatic heterocycles. The number of esters is 4. The molecule has 17 nitrogen and oxygen atoms in total. The predicted octanol–water partition coefficient (Wildman–Crippen LogP) is 19.9. The van der Waals surface area contributed by atoms with Gasteiger partial charge in [0.05, 0.1) is 26.4 Å². The molecule has 0 aromatic carbocycles. The highest BCUT2D eigenvalue weighted by Crippen LogP contribution is 2.45. The summed E-state index contributed by atoms with van der Waals surface area (Å²) in [5, 5.41) is 10.6. The van der Waals surface area contributed by atoms with E-state index in [4.69, 9.17) is 37.0 Å². The Kier molecular flexibility index (Phi) is 62.4. The summed E-state index contributed by atoms with van der Waals surface area (Å²) in [5.41, 5.74) is 0. The zero-order chi connectivity index (χ0) is 64.7. The number of aliphatic hydroxyl groups excluding tert-OH is 1. The number of carbonyl (C=O) groups is 4. The SMILES string of the molecule is CCCCCCCCCCCCCCCCCCCC(=O)O[C@H](COC(=O)CCCCCCCCCCCCCC)COP(=O)(O)OC[C@@H](O)COP(=O)(O)OC[C@@H](COC(=O)CCCCCCCCCC)OC(=O)CCCCCCCCCCCCC. The minimum atomic E-state index is -4.95. The van der Waals surface area contributed by atoms with E-state index in [0.29, 0.717) is 25.7 Å². The molecule has 19 heteroatoms. The lowest BCUT2D eigenvalue weighted by molar-refractivity contribution is -0.161. The Hall–Kier alpha value is -1.94. The summed E-state index contributed by atoms with van der Waals surface area (Å²) in [7, 11) is -9.89. The molecular weight excluding hydrogens is 1160 g/mol. The Labute approximate surface area is 537 Å². The van der Waals surface area contributed by atoms with Crippen molar-refractivity contribution in [1.82, 2.24) is 0 Å². The summed E-state index contributed by atoms with van der Waals surface area (Å²) in [6.45, 7) is 4.91. The fourth-order valence-corrected chi connectivity index (χ4v) is 12.1. The van der Waals surface area contributed by atoms with Crippen molar-refractivity contribution in [3.63, 3.8) is 0 Å². The topological polar surface area (TPSA) is 237 Å². The molecule has 0 heterocycles. The number of phosphoric ester groups is 2. The molecule has 0 aliphatic rings. The van der Waals surface area contributed by atoms with Gasteiger partial charge in [-0.15, -0.1) is 0 Å². The normalized spacial score (nSPS) is 14.0. The molecule has 0 saturated carbocycles. The van der Waals surface area contributed by atoms with E-state index in [-0.39, 0.29) is 25.7 Å². The van der Waals surface area contributed by atoms with Gasteiger partial charge >= 0.3 is 39.5 Å². The summed E-state index contributed by atoms with van der Waals surface area (Å²) in [6, 6.07) is 0. The van der Waals surface area contributed by atoms with Crippen LogP contribution in [0, 0.1) is 0 Å². The van der Waals surface area contributed by atoms with Crippen LogP contribution in [0.1, 0.15) is 362 Å². The van der Waals surface area contributed by atoms with E-state index >= 15 is 0 Å². The maximum absolute atomic E-state index is 13.0. The zero-order valence-corrected chi connectivity index (χ0v) is 58.5. The highest BCUT2D eigenvalue weighted by Gasteiger charge is 2.30. The van der Waals surface area contributed by atoms with Gasteiger partial charge in [-0.2, -0.15) is 0 Å². The molecule has 522 valence electrons. The van der Waals surface area contributed by atoms with Gasteiger partial charge < -0.3 is 33.8 Å². The second kappa shape index (κ2) is 63.8. The molecule has 0 rings (SSSR count). The Morgan fingerprint density at radius 2 is 0.455 bits per heavy atom. The number of rotatable bonds is 70. The number of ether oxygens (including phenoxy) is 4. The predicted molar refractivity (Wildman–Crippen MR) is 354 cm³/mol. The van der Waals surface area contributed by atoms with Crippen LogP contribution >= 0.6 is 15.6 Å². The Morgan fingerprint density at radius 1 is 0.273 bits per heavy atom. The van der Waals surface area contributed by atoms with Crippen LogP contribution in [0.2, 0.25) is 0 Å². The summed E-state index contributed by atoms with van der Waals surface area (Å²) >= 11 is 0. The molecule has 3 N–H and O–H groups in total. The number of unbranched alkanes of at least 4 members (excludes halogenated alkanes) is 44. The average molecular weight is 1300 g/mol. The molecule has 0 aliphatic carbocycles. The molecule has 5 atom stereocenters. The summed E-state index contributed by atoms with van der Waals surface area (Å²) in [6.07, 6.45) is 51.3. The number of phosphoric acid groups is 2. The summed E-state index contributed by atoms with van der Waals surface area (Å²) < 4.78 is 68.2. The van der Waals surface area contributed by atoms with Crippen molar-refractivity contribution in [3.05, 3.63) is 0 Å². The smallest absolute Gasteiger partial charge is 0.462 e. The molecule has 0 spiro atoms. The number of carbonyl (C=O) groups excluding carboxylic acids is 4. The van der Waals surface area contributed by atoms with E-state index in [2.05, 4.69) is 27.7 Å². The fourth-order valence-electron chi connectivity index (χ4n) is 10.5. The quantitative estimate of drug-likeness (QED) is 0.0222. The van der Waals surface area contributed by atoms with Crippen molar-refractivity contribution in [2.24, 2.45) is 0 Å². The van der Waals surface area contributed by atoms with E-state index < -0.39 is 97.5 Å². The van der Waals surface area contributed by atoms with Crippen LogP contribution < -0.4 is 0 Å². The molecule has 0 bridgehead atoms. The van der Waals surface area contributed by atoms with Crippen molar-refractivity contribution < 1.29 is 80.2 Å². The third kappa shape index (κ3) is 62.8. The van der Waals surface area contributed by atoms with Gasteiger partial charge in [-0.05, 0) is 25.7 Å². The summed E-state index contributed by atoms with van der Waals surface area (Å²) in [5.74, 6) is -2.12. The first-order valence-electron chi connectivity index (χ1n) is 36.3. The van der Waals surface area contributed by atoms with Crippen LogP contribution in [0.15, 0.2) is 0 Å². The lowest BCUT2D eigenvalue weighted by Gasteiger charge is -2.21. The highest BCUT2D eigenvalue weighted by molar-refractivity contribution is 7.47. The van der Waals surface area contributed by atoms with Gasteiger partial charge in [0, 0.05) is 25.7 Å². The first kappa shape index (κ1) is 86.1. The minimum Gasteiger partial charge on any atom is -0.462 e. The van der Waals surface area contributed by atoms with Gasteiger partial charge in [0.2, 0.25) is 0 Å². The van der Waals surface area contributed by atoms with Gasteiger partial charge in [0.25, 0.3) is 0 Å². The largest absolute Gasteiger partial charge is 0.472 e. The van der Waals surface area contributed by atoms with Crippen molar-refractivity contribution in [2.45, 2.75) is 380 Å². The van der Waals surface area contributed by atoms with Gasteiger partial charge in [-0.1, -0.05) is 310 Å². The highest BCUT2D eigenvalue weighted by atomic mass is 31.2. The molecule has 0 fully saturated rings. The lowest BCUT2D eigenvalue weighted by Crippen LogP contribution is -2.30. The van der Waals surface area contributed by atoms with Crippen molar-refractivity contribution in [1.29, 1.82) is 0 Å². The Bertz CT molecular complexity index is 1690. The van der Waals surface area contributed by atoms with Gasteiger partial charge in [0.15, 0.2) is 12.2 Å². The Balaban J connectivity index is 5.20. The molecule has 0 saturated heterocycles. The third-order valence-corrected chi connectivity index (χ3v) is 18.0. The van der Waals surface area contributed by atoms with Crippen LogP contribution in [0.3, 0.4) is 0 Å². The molecule has 88 heavy (non-hydrogen) atoms. The number of hydrogen-bond donors (Lipinski definition) is 3. The van der Waals surface area contributed by atoms with Crippen molar-refractivity contribution >= 4 is 39.5 Å². The molecule has 0 radical (unpaired) electrons. The van der Waals surface area contributed by atoms with Crippen LogP contribution in [0.4, 0.5) is 0 Å². The molecular formula is C69H134O17P2. The number of aliphatic hydroxyl groups is 1. The van der Waals surface area contributed by atoms with Crippen LogP contribution in [0.25, 0.3) is 0 Å². The minimum absolute atomic E-state index is 0.107. The molecule has 0 aromatic heterocycles. The van der Waals surface area contributed by atoms with Crippen LogP contribution in [-0.2, 0) is 65.4 Å².